The molecule has 21 heavy (non-hydrogen) atoms. The van der Waals surface area contributed by atoms with Crippen LogP contribution in [0.4, 0.5) is 20.2 Å². The van der Waals surface area contributed by atoms with Gasteiger partial charge in [0.05, 0.1) is 15.8 Å². The van der Waals surface area contributed by atoms with E-state index in [0.29, 0.717) is 17.4 Å². The molecule has 0 aliphatic carbocycles. The lowest BCUT2D eigenvalue weighted by atomic mass is 10.2. The maximum Gasteiger partial charge on any atom is 0.272 e. The molecule has 1 aromatic carbocycles. The maximum absolute atomic E-state index is 13.7. The molecule has 0 atom stereocenters. The van der Waals surface area contributed by atoms with E-state index in [1.54, 1.807) is 10.8 Å². The van der Waals surface area contributed by atoms with Crippen LogP contribution < -0.4 is 11.1 Å². The molecular weight excluding hydrogens is 344 g/mol. The van der Waals surface area contributed by atoms with Gasteiger partial charge in [0.25, 0.3) is 5.91 Å². The van der Waals surface area contributed by atoms with Crippen molar-refractivity contribution in [3.63, 3.8) is 0 Å². The van der Waals surface area contributed by atoms with Gasteiger partial charge in [-0.3, -0.25) is 4.79 Å². The first-order valence-corrected chi connectivity index (χ1v) is 7.02. The lowest BCUT2D eigenvalue weighted by molar-refractivity contribution is 0.101. The van der Waals surface area contributed by atoms with Gasteiger partial charge in [-0.1, -0.05) is 0 Å². The quantitative estimate of drug-likeness (QED) is 0.817. The summed E-state index contributed by atoms with van der Waals surface area (Å²) in [7, 11) is 0. The van der Waals surface area contributed by atoms with Gasteiger partial charge in [0, 0.05) is 18.3 Å². The van der Waals surface area contributed by atoms with Crippen LogP contribution in [0.25, 0.3) is 0 Å². The van der Waals surface area contributed by atoms with Gasteiger partial charge in [-0.2, -0.15) is 0 Å². The monoisotopic (exact) mass is 357 g/mol. The van der Waals surface area contributed by atoms with Gasteiger partial charge in [0.15, 0.2) is 0 Å². The van der Waals surface area contributed by atoms with Crippen LogP contribution in [0, 0.1) is 11.6 Å². The van der Waals surface area contributed by atoms with Crippen molar-refractivity contribution < 1.29 is 13.6 Å². The number of nitrogens with zero attached hydrogens (tertiary/aromatic N) is 1. The highest BCUT2D eigenvalue weighted by molar-refractivity contribution is 9.10. The standard InChI is InChI=1S/C14H14BrF2N3O/c1-7(2)20-6-8(18)3-13(20)14(21)19-12-4-9(15)10(16)5-11(12)17/h3-7H,18H2,1-2H3,(H,19,21). The molecule has 2 rings (SSSR count). The lowest BCUT2D eigenvalue weighted by Crippen LogP contribution is -2.18. The molecule has 7 heteroatoms. The number of halogens is 3. The second-order valence-electron chi connectivity index (χ2n) is 4.86. The number of nitrogen functional groups attached to an aromatic ring is 1. The van der Waals surface area contributed by atoms with Crippen LogP contribution in [0.2, 0.25) is 0 Å². The van der Waals surface area contributed by atoms with E-state index in [0.717, 1.165) is 0 Å². The van der Waals surface area contributed by atoms with Crippen LogP contribution in [0.5, 0.6) is 0 Å². The van der Waals surface area contributed by atoms with Crippen LogP contribution in [0.15, 0.2) is 28.9 Å². The van der Waals surface area contributed by atoms with Crippen LogP contribution in [0.3, 0.4) is 0 Å². The highest BCUT2D eigenvalue weighted by atomic mass is 79.9. The average molecular weight is 358 g/mol. The summed E-state index contributed by atoms with van der Waals surface area (Å²) in [6.45, 7) is 3.79. The first-order chi connectivity index (χ1) is 9.79. The third kappa shape index (κ3) is 3.24. The molecule has 0 radical (unpaired) electrons. The number of nitrogens with one attached hydrogen (secondary N) is 1. The normalized spacial score (nSPS) is 11.0. The summed E-state index contributed by atoms with van der Waals surface area (Å²) < 4.78 is 28.6. The number of carbonyl (C=O) groups is 1. The number of anilines is 2. The SMILES string of the molecule is CC(C)n1cc(N)cc1C(=O)Nc1cc(Br)c(F)cc1F. The van der Waals surface area contributed by atoms with E-state index >= 15 is 0 Å². The third-order valence-electron chi connectivity index (χ3n) is 2.92. The smallest absolute Gasteiger partial charge is 0.272 e. The van der Waals surface area contributed by atoms with Gasteiger partial charge in [-0.15, -0.1) is 0 Å². The Morgan fingerprint density at radius 2 is 1.95 bits per heavy atom. The van der Waals surface area contributed by atoms with Crippen molar-refractivity contribution in [1.29, 1.82) is 0 Å². The fraction of sp³-hybridized carbons (Fsp3) is 0.214. The summed E-state index contributed by atoms with van der Waals surface area (Å²) in [6.07, 6.45) is 1.64. The van der Waals surface area contributed by atoms with Gasteiger partial charge >= 0.3 is 0 Å². The van der Waals surface area contributed by atoms with Crippen molar-refractivity contribution in [2.45, 2.75) is 19.9 Å². The zero-order valence-corrected chi connectivity index (χ0v) is 13.0. The Bertz CT molecular complexity index is 698. The van der Waals surface area contributed by atoms with Crippen LogP contribution in [0.1, 0.15) is 30.4 Å². The first-order valence-electron chi connectivity index (χ1n) is 6.23. The molecule has 0 spiro atoms. The Morgan fingerprint density at radius 3 is 2.57 bits per heavy atom. The van der Waals surface area contributed by atoms with E-state index in [4.69, 9.17) is 5.73 Å². The Balaban J connectivity index is 2.33. The van der Waals surface area contributed by atoms with E-state index in [1.807, 2.05) is 13.8 Å². The summed E-state index contributed by atoms with van der Waals surface area (Å²) in [5, 5.41) is 2.42. The third-order valence-corrected chi connectivity index (χ3v) is 3.52. The number of rotatable bonds is 3. The number of carbonyl (C=O) groups excluding carboxylic acids is 1. The molecule has 0 fully saturated rings. The average Bonchev–Trinajstić information content (AvgIpc) is 2.78. The van der Waals surface area contributed by atoms with Crippen molar-refractivity contribution in [2.24, 2.45) is 0 Å². The number of benzene rings is 1. The molecule has 0 unspecified atom stereocenters. The van der Waals surface area contributed by atoms with Crippen molar-refractivity contribution in [1.82, 2.24) is 4.57 Å². The fourth-order valence-corrected chi connectivity index (χ4v) is 2.26. The van der Waals surface area contributed by atoms with E-state index in [2.05, 4.69) is 21.2 Å². The topological polar surface area (TPSA) is 60.0 Å². The Hall–Kier alpha value is -1.89. The van der Waals surface area contributed by atoms with Crippen LogP contribution in [-0.2, 0) is 0 Å². The Labute approximate surface area is 129 Å². The largest absolute Gasteiger partial charge is 0.397 e. The minimum Gasteiger partial charge on any atom is -0.397 e. The summed E-state index contributed by atoms with van der Waals surface area (Å²) in [5.41, 5.74) is 6.33. The zero-order valence-electron chi connectivity index (χ0n) is 11.5. The van der Waals surface area contributed by atoms with Crippen molar-refractivity contribution in [3.8, 4) is 0 Å². The molecule has 2 aromatic rings. The minimum absolute atomic E-state index is 0.0212. The van der Waals surface area contributed by atoms with Crippen LogP contribution in [-0.4, -0.2) is 10.5 Å². The second-order valence-corrected chi connectivity index (χ2v) is 5.71. The van der Waals surface area contributed by atoms with E-state index < -0.39 is 17.5 Å². The number of hydrogen-bond donors (Lipinski definition) is 2. The second kappa shape index (κ2) is 5.85. The summed E-state index contributed by atoms with van der Waals surface area (Å²) in [4.78, 5) is 12.2. The minimum atomic E-state index is -0.848. The van der Waals surface area contributed by atoms with E-state index in [9.17, 15) is 13.6 Å². The van der Waals surface area contributed by atoms with Crippen molar-refractivity contribution in [2.75, 3.05) is 11.1 Å². The molecule has 0 saturated heterocycles. The fourth-order valence-electron chi connectivity index (χ4n) is 1.91. The number of nitrogens with two attached hydrogens (primary N) is 1. The summed E-state index contributed by atoms with van der Waals surface area (Å²) in [6, 6.07) is 3.41. The van der Waals surface area contributed by atoms with Gasteiger partial charge in [-0.05, 0) is 41.9 Å². The number of amides is 1. The molecule has 0 bridgehead atoms. The zero-order chi connectivity index (χ0) is 15.7. The molecule has 1 aromatic heterocycles. The van der Waals surface area contributed by atoms with Gasteiger partial charge in [0.2, 0.25) is 0 Å². The molecular formula is C14H14BrF2N3O. The van der Waals surface area contributed by atoms with Crippen LogP contribution >= 0.6 is 15.9 Å². The number of hydrogen-bond acceptors (Lipinski definition) is 2. The van der Waals surface area contributed by atoms with Crippen molar-refractivity contribution in [3.05, 3.63) is 46.2 Å². The first kappa shape index (κ1) is 15.5. The Morgan fingerprint density at radius 1 is 1.29 bits per heavy atom. The van der Waals surface area contributed by atoms with Crippen molar-refractivity contribution >= 4 is 33.2 Å². The summed E-state index contributed by atoms with van der Waals surface area (Å²) >= 11 is 2.95. The molecule has 1 amide bonds. The molecule has 0 aliphatic heterocycles. The predicted molar refractivity (Wildman–Crippen MR) is 81.2 cm³/mol. The highest BCUT2D eigenvalue weighted by Gasteiger charge is 2.17. The predicted octanol–water partition coefficient (Wildman–Crippen LogP) is 3.94. The molecule has 4 nitrogen and oxygen atoms in total. The van der Waals surface area contributed by atoms with E-state index in [-0.39, 0.29) is 16.2 Å². The molecule has 112 valence electrons. The number of aromatic nitrogens is 1. The molecule has 1 heterocycles. The van der Waals surface area contributed by atoms with Gasteiger partial charge < -0.3 is 15.6 Å². The molecule has 0 saturated carbocycles. The van der Waals surface area contributed by atoms with E-state index in [1.165, 1.54) is 12.1 Å². The maximum atomic E-state index is 13.7. The summed E-state index contributed by atoms with van der Waals surface area (Å²) in [5.74, 6) is -2.10. The lowest BCUT2D eigenvalue weighted by Gasteiger charge is -2.13. The highest BCUT2D eigenvalue weighted by Crippen LogP contribution is 2.25. The molecule has 0 aliphatic rings. The van der Waals surface area contributed by atoms with Gasteiger partial charge in [-0.25, -0.2) is 8.78 Å². The Kier molecular flexibility index (Phi) is 4.32. The van der Waals surface area contributed by atoms with Gasteiger partial charge in [0.1, 0.15) is 17.3 Å². The molecule has 3 N–H and O–H groups in total.